The highest BCUT2D eigenvalue weighted by Crippen LogP contribution is 2.30. The molecule has 2 rings (SSSR count). The van der Waals surface area contributed by atoms with Crippen LogP contribution in [0.1, 0.15) is 6.92 Å². The van der Waals surface area contributed by atoms with Crippen molar-refractivity contribution in [3.05, 3.63) is 0 Å². The van der Waals surface area contributed by atoms with Crippen LogP contribution in [0.4, 0.5) is 0 Å². The zero-order chi connectivity index (χ0) is 7.14. The zero-order valence-corrected chi connectivity index (χ0v) is 5.99. The van der Waals surface area contributed by atoms with E-state index in [9.17, 15) is 5.11 Å². The molecule has 2 saturated heterocycles. The molecule has 0 bridgehead atoms. The second-order valence-corrected chi connectivity index (χ2v) is 3.14. The van der Waals surface area contributed by atoms with Crippen molar-refractivity contribution in [1.82, 2.24) is 0 Å². The van der Waals surface area contributed by atoms with Gasteiger partial charge in [-0.05, 0) is 0 Å². The first kappa shape index (κ1) is 6.58. The molecule has 0 aromatic rings. The standard InChI is InChI=1S/C7H12O3/c1-4-2-9-7-5(8)3-10-6(4)7/h4-8H,2-3H2,1H3/t4-,5-,6?,7?/m0/s1. The third kappa shape index (κ3) is 0.779. The minimum Gasteiger partial charge on any atom is -0.388 e. The lowest BCUT2D eigenvalue weighted by Gasteiger charge is -2.10. The van der Waals surface area contributed by atoms with Gasteiger partial charge in [-0.3, -0.25) is 0 Å². The maximum atomic E-state index is 9.27. The molecule has 2 unspecified atom stereocenters. The van der Waals surface area contributed by atoms with Crippen molar-refractivity contribution in [3.63, 3.8) is 0 Å². The number of ether oxygens (including phenoxy) is 2. The Morgan fingerprint density at radius 3 is 2.60 bits per heavy atom. The van der Waals surface area contributed by atoms with Crippen molar-refractivity contribution in [3.8, 4) is 0 Å². The molecule has 0 radical (unpaired) electrons. The third-order valence-corrected chi connectivity index (χ3v) is 2.27. The molecule has 58 valence electrons. The van der Waals surface area contributed by atoms with E-state index in [4.69, 9.17) is 9.47 Å². The summed E-state index contributed by atoms with van der Waals surface area (Å²) < 4.78 is 10.7. The van der Waals surface area contributed by atoms with Crippen molar-refractivity contribution in [1.29, 1.82) is 0 Å². The maximum absolute atomic E-state index is 9.27. The Bertz CT molecular complexity index is 121. The summed E-state index contributed by atoms with van der Waals surface area (Å²) in [5.41, 5.74) is 0. The van der Waals surface area contributed by atoms with Crippen LogP contribution in [-0.4, -0.2) is 36.6 Å². The summed E-state index contributed by atoms with van der Waals surface area (Å²) in [5, 5.41) is 9.27. The van der Waals surface area contributed by atoms with Gasteiger partial charge in [-0.15, -0.1) is 0 Å². The molecule has 0 aliphatic carbocycles. The molecule has 4 atom stereocenters. The van der Waals surface area contributed by atoms with E-state index in [-0.39, 0.29) is 12.2 Å². The Kier molecular flexibility index (Phi) is 1.44. The van der Waals surface area contributed by atoms with Crippen LogP contribution in [0.3, 0.4) is 0 Å². The van der Waals surface area contributed by atoms with E-state index in [2.05, 4.69) is 6.92 Å². The fraction of sp³-hybridized carbons (Fsp3) is 1.00. The Labute approximate surface area is 59.9 Å². The molecule has 2 heterocycles. The van der Waals surface area contributed by atoms with Crippen molar-refractivity contribution in [2.24, 2.45) is 5.92 Å². The van der Waals surface area contributed by atoms with Gasteiger partial charge in [0.05, 0.1) is 19.3 Å². The van der Waals surface area contributed by atoms with Gasteiger partial charge in [0.15, 0.2) is 0 Å². The van der Waals surface area contributed by atoms with Gasteiger partial charge >= 0.3 is 0 Å². The molecule has 3 nitrogen and oxygen atoms in total. The molecule has 0 aromatic carbocycles. The zero-order valence-electron chi connectivity index (χ0n) is 5.99. The minimum absolute atomic E-state index is 0.0463. The van der Waals surface area contributed by atoms with Gasteiger partial charge in [0.1, 0.15) is 12.2 Å². The monoisotopic (exact) mass is 144 g/mol. The summed E-state index contributed by atoms with van der Waals surface area (Å²) in [7, 11) is 0. The van der Waals surface area contributed by atoms with Crippen molar-refractivity contribution in [2.75, 3.05) is 13.2 Å². The summed E-state index contributed by atoms with van der Waals surface area (Å²) in [6.45, 7) is 3.26. The van der Waals surface area contributed by atoms with Crippen molar-refractivity contribution in [2.45, 2.75) is 25.2 Å². The maximum Gasteiger partial charge on any atom is 0.112 e. The highest BCUT2D eigenvalue weighted by Gasteiger charge is 2.44. The largest absolute Gasteiger partial charge is 0.388 e. The van der Waals surface area contributed by atoms with Crippen LogP contribution >= 0.6 is 0 Å². The molecule has 2 aliphatic rings. The Morgan fingerprint density at radius 2 is 1.90 bits per heavy atom. The fourth-order valence-electron chi connectivity index (χ4n) is 1.67. The summed E-state index contributed by atoms with van der Waals surface area (Å²) >= 11 is 0. The quantitative estimate of drug-likeness (QED) is 0.511. The Morgan fingerprint density at radius 1 is 1.20 bits per heavy atom. The highest BCUT2D eigenvalue weighted by molar-refractivity contribution is 4.92. The van der Waals surface area contributed by atoms with E-state index in [1.54, 1.807) is 0 Å². The third-order valence-electron chi connectivity index (χ3n) is 2.27. The smallest absolute Gasteiger partial charge is 0.112 e. The van der Waals surface area contributed by atoms with E-state index in [0.29, 0.717) is 12.5 Å². The van der Waals surface area contributed by atoms with Gasteiger partial charge in [-0.25, -0.2) is 0 Å². The van der Waals surface area contributed by atoms with E-state index >= 15 is 0 Å². The van der Waals surface area contributed by atoms with E-state index in [1.165, 1.54) is 0 Å². The van der Waals surface area contributed by atoms with Gasteiger partial charge < -0.3 is 14.6 Å². The Hall–Kier alpha value is -0.120. The molecule has 2 aliphatic heterocycles. The van der Waals surface area contributed by atoms with Gasteiger partial charge in [0.25, 0.3) is 0 Å². The predicted molar refractivity (Wildman–Crippen MR) is 34.7 cm³/mol. The van der Waals surface area contributed by atoms with Gasteiger partial charge in [-0.2, -0.15) is 0 Å². The molecule has 2 fully saturated rings. The normalized spacial score (nSPS) is 53.4. The summed E-state index contributed by atoms with van der Waals surface area (Å²) in [4.78, 5) is 0. The van der Waals surface area contributed by atoms with Gasteiger partial charge in [0, 0.05) is 5.92 Å². The molecule has 0 aromatic heterocycles. The lowest BCUT2D eigenvalue weighted by molar-refractivity contribution is 0.0173. The summed E-state index contributed by atoms with van der Waals surface area (Å²) in [6, 6.07) is 0. The number of fused-ring (bicyclic) bond motifs is 1. The van der Waals surface area contributed by atoms with Gasteiger partial charge in [-0.1, -0.05) is 6.92 Å². The first-order valence-electron chi connectivity index (χ1n) is 3.70. The van der Waals surface area contributed by atoms with Crippen molar-refractivity contribution >= 4 is 0 Å². The molecular weight excluding hydrogens is 132 g/mol. The number of aliphatic hydroxyl groups excluding tert-OH is 1. The second kappa shape index (κ2) is 2.19. The summed E-state index contributed by atoms with van der Waals surface area (Å²) in [5.74, 6) is 0.446. The van der Waals surface area contributed by atoms with Crippen molar-refractivity contribution < 1.29 is 14.6 Å². The minimum atomic E-state index is -0.394. The van der Waals surface area contributed by atoms with Crippen LogP contribution in [0, 0.1) is 5.92 Å². The average Bonchev–Trinajstić information content (AvgIpc) is 2.41. The van der Waals surface area contributed by atoms with E-state index < -0.39 is 6.10 Å². The highest BCUT2D eigenvalue weighted by atomic mass is 16.6. The van der Waals surface area contributed by atoms with Crippen LogP contribution in [-0.2, 0) is 9.47 Å². The molecule has 1 N–H and O–H groups in total. The first-order valence-corrected chi connectivity index (χ1v) is 3.70. The average molecular weight is 144 g/mol. The molecule has 10 heavy (non-hydrogen) atoms. The van der Waals surface area contributed by atoms with Crippen LogP contribution < -0.4 is 0 Å². The SMILES string of the molecule is C[C@H]1COC2C1OC[C@@H]2O. The number of hydrogen-bond acceptors (Lipinski definition) is 3. The lowest BCUT2D eigenvalue weighted by atomic mass is 10.0. The number of aliphatic hydroxyl groups is 1. The van der Waals surface area contributed by atoms with Crippen LogP contribution in [0.2, 0.25) is 0 Å². The molecular formula is C7H12O3. The number of rotatable bonds is 0. The van der Waals surface area contributed by atoms with Crippen LogP contribution in [0.15, 0.2) is 0 Å². The van der Waals surface area contributed by atoms with Crippen LogP contribution in [0.5, 0.6) is 0 Å². The summed E-state index contributed by atoms with van der Waals surface area (Å²) in [6.07, 6.45) is -0.292. The fourth-order valence-corrected chi connectivity index (χ4v) is 1.67. The molecule has 0 amide bonds. The predicted octanol–water partition coefficient (Wildman–Crippen LogP) is -0.219. The number of hydrogen-bond donors (Lipinski definition) is 1. The molecule has 0 spiro atoms. The first-order chi connectivity index (χ1) is 4.79. The van der Waals surface area contributed by atoms with E-state index in [1.807, 2.05) is 0 Å². The lowest BCUT2D eigenvalue weighted by Crippen LogP contribution is -2.28. The van der Waals surface area contributed by atoms with Crippen LogP contribution in [0.25, 0.3) is 0 Å². The molecule has 3 heteroatoms. The topological polar surface area (TPSA) is 38.7 Å². The second-order valence-electron chi connectivity index (χ2n) is 3.14. The molecule has 0 saturated carbocycles. The van der Waals surface area contributed by atoms with E-state index in [0.717, 1.165) is 6.61 Å². The Balaban J connectivity index is 2.09. The van der Waals surface area contributed by atoms with Gasteiger partial charge in [0.2, 0.25) is 0 Å².